The van der Waals surface area contributed by atoms with Crippen LogP contribution in [0.5, 0.6) is 5.75 Å². The lowest BCUT2D eigenvalue weighted by Gasteiger charge is -2.25. The molecule has 5 heteroatoms. The molecule has 1 heterocycles. The minimum atomic E-state index is 0.0665. The van der Waals surface area contributed by atoms with Crippen molar-refractivity contribution in [3.63, 3.8) is 0 Å². The van der Waals surface area contributed by atoms with Crippen LogP contribution in [0, 0.1) is 5.41 Å². The van der Waals surface area contributed by atoms with Gasteiger partial charge in [0.1, 0.15) is 11.6 Å². The van der Waals surface area contributed by atoms with Crippen LogP contribution in [0.3, 0.4) is 0 Å². The van der Waals surface area contributed by atoms with E-state index in [1.807, 2.05) is 25.2 Å². The van der Waals surface area contributed by atoms with Gasteiger partial charge in [-0.1, -0.05) is 0 Å². The number of likely N-dealkylation sites (N-methyl/N-ethyl adjacent to an activating group) is 1. The van der Waals surface area contributed by atoms with E-state index in [1.54, 1.807) is 7.11 Å². The standard InChI is InChI=1S/C14H21N3O2/c1-17(9-11-4-3-7-19-11)13-8-10(18-2)5-6-12(13)14(15)16/h5-6,8,11H,3-4,7,9H2,1-2H3,(H3,15,16). The van der Waals surface area contributed by atoms with Crippen LogP contribution >= 0.6 is 0 Å². The van der Waals surface area contributed by atoms with E-state index in [-0.39, 0.29) is 11.9 Å². The second-order valence-corrected chi connectivity index (χ2v) is 4.81. The summed E-state index contributed by atoms with van der Waals surface area (Å²) >= 11 is 0. The van der Waals surface area contributed by atoms with Crippen molar-refractivity contribution in [3.05, 3.63) is 23.8 Å². The van der Waals surface area contributed by atoms with Crippen molar-refractivity contribution in [3.8, 4) is 5.75 Å². The summed E-state index contributed by atoms with van der Waals surface area (Å²) in [6.45, 7) is 1.64. The van der Waals surface area contributed by atoms with Crippen LogP contribution in [-0.4, -0.2) is 39.2 Å². The Balaban J connectivity index is 2.21. The van der Waals surface area contributed by atoms with E-state index in [0.29, 0.717) is 0 Å². The Labute approximate surface area is 113 Å². The summed E-state index contributed by atoms with van der Waals surface area (Å²) in [5.41, 5.74) is 7.26. The van der Waals surface area contributed by atoms with Crippen molar-refractivity contribution in [2.45, 2.75) is 18.9 Å². The first-order chi connectivity index (χ1) is 9.11. The lowest BCUT2D eigenvalue weighted by Crippen LogP contribution is -2.30. The maximum absolute atomic E-state index is 7.66. The predicted molar refractivity (Wildman–Crippen MR) is 76.3 cm³/mol. The summed E-state index contributed by atoms with van der Waals surface area (Å²) in [7, 11) is 3.62. The number of ether oxygens (including phenoxy) is 2. The fraction of sp³-hybridized carbons (Fsp3) is 0.500. The number of hydrogen-bond donors (Lipinski definition) is 2. The Bertz CT molecular complexity index is 456. The first-order valence-corrected chi connectivity index (χ1v) is 6.47. The van der Waals surface area contributed by atoms with Gasteiger partial charge in [-0.05, 0) is 25.0 Å². The fourth-order valence-electron chi connectivity index (χ4n) is 2.37. The monoisotopic (exact) mass is 263 g/mol. The molecule has 0 bridgehead atoms. The fourth-order valence-corrected chi connectivity index (χ4v) is 2.37. The number of nitrogens with zero attached hydrogens (tertiary/aromatic N) is 1. The van der Waals surface area contributed by atoms with Crippen LogP contribution in [0.25, 0.3) is 0 Å². The molecule has 0 saturated carbocycles. The van der Waals surface area contributed by atoms with E-state index in [4.69, 9.17) is 20.6 Å². The van der Waals surface area contributed by atoms with Crippen molar-refractivity contribution in [2.24, 2.45) is 5.73 Å². The van der Waals surface area contributed by atoms with Crippen LogP contribution in [-0.2, 0) is 4.74 Å². The number of nitrogens with one attached hydrogen (secondary N) is 1. The summed E-state index contributed by atoms with van der Waals surface area (Å²) in [5, 5.41) is 7.66. The molecule has 2 rings (SSSR count). The number of hydrogen-bond acceptors (Lipinski definition) is 4. The minimum absolute atomic E-state index is 0.0665. The summed E-state index contributed by atoms with van der Waals surface area (Å²) in [4.78, 5) is 2.08. The molecule has 1 saturated heterocycles. The average molecular weight is 263 g/mol. The Morgan fingerprint density at radius 1 is 1.58 bits per heavy atom. The first kappa shape index (κ1) is 13.7. The molecule has 0 radical (unpaired) electrons. The normalized spacial score (nSPS) is 18.3. The van der Waals surface area contributed by atoms with Gasteiger partial charge in [0, 0.05) is 31.8 Å². The average Bonchev–Trinajstić information content (AvgIpc) is 2.90. The van der Waals surface area contributed by atoms with E-state index in [0.717, 1.165) is 43.0 Å². The van der Waals surface area contributed by atoms with Gasteiger partial charge in [-0.25, -0.2) is 0 Å². The van der Waals surface area contributed by atoms with E-state index in [2.05, 4.69) is 4.90 Å². The highest BCUT2D eigenvalue weighted by Crippen LogP contribution is 2.26. The molecule has 19 heavy (non-hydrogen) atoms. The van der Waals surface area contributed by atoms with Gasteiger partial charge in [0.2, 0.25) is 0 Å². The highest BCUT2D eigenvalue weighted by atomic mass is 16.5. The maximum atomic E-state index is 7.66. The molecule has 0 spiro atoms. The molecular formula is C14H21N3O2. The molecule has 1 fully saturated rings. The summed E-state index contributed by atoms with van der Waals surface area (Å²) in [6.07, 6.45) is 2.47. The smallest absolute Gasteiger partial charge is 0.124 e. The summed E-state index contributed by atoms with van der Waals surface area (Å²) < 4.78 is 10.9. The van der Waals surface area contributed by atoms with Crippen LogP contribution in [0.4, 0.5) is 5.69 Å². The summed E-state index contributed by atoms with van der Waals surface area (Å²) in [5.74, 6) is 0.830. The molecule has 0 amide bonds. The number of methoxy groups -OCH3 is 1. The van der Waals surface area contributed by atoms with Gasteiger partial charge in [-0.3, -0.25) is 5.41 Å². The van der Waals surface area contributed by atoms with E-state index in [1.165, 1.54) is 0 Å². The Hall–Kier alpha value is -1.75. The van der Waals surface area contributed by atoms with Gasteiger partial charge in [0.25, 0.3) is 0 Å². The third-order valence-corrected chi connectivity index (χ3v) is 3.41. The Morgan fingerprint density at radius 3 is 2.95 bits per heavy atom. The third-order valence-electron chi connectivity index (χ3n) is 3.41. The number of rotatable bonds is 5. The van der Waals surface area contributed by atoms with Crippen molar-refractivity contribution in [1.29, 1.82) is 5.41 Å². The maximum Gasteiger partial charge on any atom is 0.124 e. The molecule has 1 aromatic rings. The van der Waals surface area contributed by atoms with Gasteiger partial charge in [0.05, 0.1) is 18.9 Å². The second-order valence-electron chi connectivity index (χ2n) is 4.81. The SMILES string of the molecule is COc1ccc(C(=N)N)c(N(C)CC2CCCO2)c1. The molecule has 0 aliphatic carbocycles. The topological polar surface area (TPSA) is 71.6 Å². The van der Waals surface area contributed by atoms with Gasteiger partial charge < -0.3 is 20.1 Å². The van der Waals surface area contributed by atoms with E-state index < -0.39 is 0 Å². The van der Waals surface area contributed by atoms with Crippen molar-refractivity contribution in [1.82, 2.24) is 0 Å². The van der Waals surface area contributed by atoms with Crippen LogP contribution < -0.4 is 15.4 Å². The lowest BCUT2D eigenvalue weighted by atomic mass is 10.1. The Morgan fingerprint density at radius 2 is 2.37 bits per heavy atom. The molecule has 1 unspecified atom stereocenters. The molecule has 104 valence electrons. The number of amidine groups is 1. The molecule has 1 atom stereocenters. The molecule has 1 aliphatic rings. The van der Waals surface area contributed by atoms with Crippen molar-refractivity contribution < 1.29 is 9.47 Å². The predicted octanol–water partition coefficient (Wildman–Crippen LogP) is 1.59. The molecule has 3 N–H and O–H groups in total. The molecule has 0 aromatic heterocycles. The number of nitrogens with two attached hydrogens (primary N) is 1. The zero-order valence-electron chi connectivity index (χ0n) is 11.5. The van der Waals surface area contributed by atoms with E-state index in [9.17, 15) is 0 Å². The molecule has 1 aromatic carbocycles. The quantitative estimate of drug-likeness (QED) is 0.625. The largest absolute Gasteiger partial charge is 0.497 e. The highest BCUT2D eigenvalue weighted by molar-refractivity contribution is 6.00. The number of benzene rings is 1. The Kier molecular flexibility index (Phi) is 4.27. The van der Waals surface area contributed by atoms with Crippen LogP contribution in [0.15, 0.2) is 18.2 Å². The lowest BCUT2D eigenvalue weighted by molar-refractivity contribution is 0.116. The molecule has 1 aliphatic heterocycles. The summed E-state index contributed by atoms with van der Waals surface area (Å²) in [6, 6.07) is 5.55. The second kappa shape index (κ2) is 5.93. The minimum Gasteiger partial charge on any atom is -0.497 e. The third kappa shape index (κ3) is 3.17. The van der Waals surface area contributed by atoms with Crippen molar-refractivity contribution >= 4 is 11.5 Å². The molecule has 5 nitrogen and oxygen atoms in total. The zero-order chi connectivity index (χ0) is 13.8. The van der Waals surface area contributed by atoms with Gasteiger partial charge in [-0.15, -0.1) is 0 Å². The highest BCUT2D eigenvalue weighted by Gasteiger charge is 2.19. The number of nitrogen functional groups attached to an aromatic ring is 1. The van der Waals surface area contributed by atoms with Crippen molar-refractivity contribution in [2.75, 3.05) is 32.2 Å². The van der Waals surface area contributed by atoms with Gasteiger partial charge in [-0.2, -0.15) is 0 Å². The first-order valence-electron chi connectivity index (χ1n) is 6.47. The molecular weight excluding hydrogens is 242 g/mol. The zero-order valence-corrected chi connectivity index (χ0v) is 11.5. The van der Waals surface area contributed by atoms with Gasteiger partial charge in [0.15, 0.2) is 0 Å². The van der Waals surface area contributed by atoms with Crippen LogP contribution in [0.2, 0.25) is 0 Å². The van der Waals surface area contributed by atoms with Crippen LogP contribution in [0.1, 0.15) is 18.4 Å². The van der Waals surface area contributed by atoms with E-state index >= 15 is 0 Å². The number of anilines is 1. The van der Waals surface area contributed by atoms with Gasteiger partial charge >= 0.3 is 0 Å².